The Balaban J connectivity index is 2.48. The molecule has 1 aromatic carbocycles. The summed E-state index contributed by atoms with van der Waals surface area (Å²) >= 11 is 0. The number of hydrogen-bond acceptors (Lipinski definition) is 4. The summed E-state index contributed by atoms with van der Waals surface area (Å²) in [6.07, 6.45) is 3.11. The molecule has 0 aliphatic heterocycles. The lowest BCUT2D eigenvalue weighted by atomic mass is 10.1. The van der Waals surface area contributed by atoms with Gasteiger partial charge in [-0.05, 0) is 19.1 Å². The van der Waals surface area contributed by atoms with E-state index in [4.69, 9.17) is 4.74 Å². The van der Waals surface area contributed by atoms with Crippen molar-refractivity contribution in [2.45, 2.75) is 6.92 Å². The van der Waals surface area contributed by atoms with Gasteiger partial charge in [-0.1, -0.05) is 0 Å². The minimum Gasteiger partial charge on any atom is -0.497 e. The molecule has 1 heterocycles. The summed E-state index contributed by atoms with van der Waals surface area (Å²) in [6.45, 7) is 2.65. The topological polar surface area (TPSA) is 47.0 Å². The third-order valence-corrected chi connectivity index (χ3v) is 2.47. The summed E-state index contributed by atoms with van der Waals surface area (Å²) in [5.41, 5.74) is 0.902. The van der Waals surface area contributed by atoms with Crippen LogP contribution in [0.2, 0.25) is 0 Å². The van der Waals surface area contributed by atoms with Crippen LogP contribution in [0.4, 0.5) is 10.2 Å². The maximum atomic E-state index is 14.0. The van der Waals surface area contributed by atoms with E-state index in [1.54, 1.807) is 24.5 Å². The van der Waals surface area contributed by atoms with Gasteiger partial charge in [-0.25, -0.2) is 9.37 Å². The van der Waals surface area contributed by atoms with Gasteiger partial charge in [0.2, 0.25) is 0 Å². The lowest BCUT2D eigenvalue weighted by molar-refractivity contribution is 0.411. The molecule has 4 nitrogen and oxygen atoms in total. The Labute approximate surface area is 105 Å². The van der Waals surface area contributed by atoms with Crippen LogP contribution < -0.4 is 10.1 Å². The average Bonchev–Trinajstić information content (AvgIpc) is 2.40. The standard InChI is InChI=1S/C13H14FN3O/c1-3-15-13-12(16-6-7-17-13)10-5-4-9(18-2)8-11(10)14/h4-8H,3H2,1-2H3,(H,15,17). The largest absolute Gasteiger partial charge is 0.497 e. The monoisotopic (exact) mass is 247 g/mol. The maximum Gasteiger partial charge on any atom is 0.152 e. The summed E-state index contributed by atoms with van der Waals surface area (Å²) in [5, 5.41) is 3.06. The van der Waals surface area contributed by atoms with Gasteiger partial charge in [0, 0.05) is 30.6 Å². The van der Waals surface area contributed by atoms with E-state index < -0.39 is 0 Å². The Hall–Kier alpha value is -2.17. The number of aromatic nitrogens is 2. The third-order valence-electron chi connectivity index (χ3n) is 2.47. The number of halogens is 1. The summed E-state index contributed by atoms with van der Waals surface area (Å²) in [5.74, 6) is 0.670. The van der Waals surface area contributed by atoms with Crippen molar-refractivity contribution in [1.29, 1.82) is 0 Å². The fourth-order valence-corrected chi connectivity index (χ4v) is 1.65. The van der Waals surface area contributed by atoms with Crippen molar-refractivity contribution in [1.82, 2.24) is 9.97 Å². The van der Waals surface area contributed by atoms with Gasteiger partial charge < -0.3 is 10.1 Å². The van der Waals surface area contributed by atoms with E-state index in [1.807, 2.05) is 6.92 Å². The predicted octanol–water partition coefficient (Wildman–Crippen LogP) is 2.72. The van der Waals surface area contributed by atoms with Gasteiger partial charge in [-0.3, -0.25) is 4.98 Å². The molecule has 0 aliphatic carbocycles. The molecule has 2 aromatic rings. The smallest absolute Gasteiger partial charge is 0.152 e. The summed E-state index contributed by atoms with van der Waals surface area (Å²) in [4.78, 5) is 8.34. The lowest BCUT2D eigenvalue weighted by Crippen LogP contribution is -2.03. The van der Waals surface area contributed by atoms with E-state index in [0.29, 0.717) is 29.4 Å². The first-order chi connectivity index (χ1) is 8.76. The molecule has 0 spiro atoms. The van der Waals surface area contributed by atoms with Crippen molar-refractivity contribution in [3.63, 3.8) is 0 Å². The highest BCUT2D eigenvalue weighted by molar-refractivity contribution is 5.72. The van der Waals surface area contributed by atoms with Gasteiger partial charge >= 0.3 is 0 Å². The van der Waals surface area contributed by atoms with Crippen LogP contribution in [0, 0.1) is 5.82 Å². The Bertz CT molecular complexity index is 546. The average molecular weight is 247 g/mol. The number of rotatable bonds is 4. The lowest BCUT2D eigenvalue weighted by Gasteiger charge is -2.09. The minimum atomic E-state index is -0.381. The molecule has 18 heavy (non-hydrogen) atoms. The fourth-order valence-electron chi connectivity index (χ4n) is 1.65. The first-order valence-electron chi connectivity index (χ1n) is 5.65. The molecule has 0 fully saturated rings. The number of ether oxygens (including phenoxy) is 1. The van der Waals surface area contributed by atoms with Crippen molar-refractivity contribution in [2.75, 3.05) is 19.0 Å². The number of nitrogens with one attached hydrogen (secondary N) is 1. The highest BCUT2D eigenvalue weighted by Crippen LogP contribution is 2.28. The van der Waals surface area contributed by atoms with E-state index in [1.165, 1.54) is 13.2 Å². The molecular weight excluding hydrogens is 233 g/mol. The van der Waals surface area contributed by atoms with E-state index in [-0.39, 0.29) is 5.82 Å². The fraction of sp³-hybridized carbons (Fsp3) is 0.231. The maximum absolute atomic E-state index is 14.0. The molecule has 0 radical (unpaired) electrons. The van der Waals surface area contributed by atoms with Gasteiger partial charge in [-0.15, -0.1) is 0 Å². The Morgan fingerprint density at radius 1 is 1.28 bits per heavy atom. The first-order valence-corrected chi connectivity index (χ1v) is 5.65. The number of hydrogen-bond donors (Lipinski definition) is 1. The van der Waals surface area contributed by atoms with Crippen LogP contribution in [0.15, 0.2) is 30.6 Å². The van der Waals surface area contributed by atoms with Crippen molar-refractivity contribution in [3.8, 4) is 17.0 Å². The second-order valence-corrected chi connectivity index (χ2v) is 3.63. The van der Waals surface area contributed by atoms with Crippen LogP contribution in [-0.2, 0) is 0 Å². The van der Waals surface area contributed by atoms with Crippen molar-refractivity contribution in [3.05, 3.63) is 36.4 Å². The summed E-state index contributed by atoms with van der Waals surface area (Å²) in [7, 11) is 1.50. The van der Waals surface area contributed by atoms with Gasteiger partial charge in [-0.2, -0.15) is 0 Å². The third kappa shape index (κ3) is 2.40. The highest BCUT2D eigenvalue weighted by atomic mass is 19.1. The molecule has 1 aromatic heterocycles. The molecule has 0 aliphatic rings. The quantitative estimate of drug-likeness (QED) is 0.902. The van der Waals surface area contributed by atoms with Crippen molar-refractivity contribution in [2.24, 2.45) is 0 Å². The van der Waals surface area contributed by atoms with E-state index in [2.05, 4.69) is 15.3 Å². The van der Waals surface area contributed by atoms with Gasteiger partial charge in [0.1, 0.15) is 17.3 Å². The zero-order chi connectivity index (χ0) is 13.0. The Morgan fingerprint density at radius 3 is 2.72 bits per heavy atom. The van der Waals surface area contributed by atoms with Crippen LogP contribution in [0.5, 0.6) is 5.75 Å². The number of anilines is 1. The van der Waals surface area contributed by atoms with Gasteiger partial charge in [0.05, 0.1) is 7.11 Å². The molecule has 2 rings (SSSR count). The minimum absolute atomic E-state index is 0.381. The molecule has 94 valence electrons. The van der Waals surface area contributed by atoms with Crippen molar-refractivity contribution >= 4 is 5.82 Å². The highest BCUT2D eigenvalue weighted by Gasteiger charge is 2.12. The van der Waals surface area contributed by atoms with Gasteiger partial charge in [0.15, 0.2) is 5.82 Å². The van der Waals surface area contributed by atoms with E-state index in [9.17, 15) is 4.39 Å². The molecule has 0 amide bonds. The summed E-state index contributed by atoms with van der Waals surface area (Å²) < 4.78 is 18.9. The molecular formula is C13H14FN3O. The number of benzene rings is 1. The second kappa shape index (κ2) is 5.44. The second-order valence-electron chi connectivity index (χ2n) is 3.63. The van der Waals surface area contributed by atoms with Crippen LogP contribution in [0.25, 0.3) is 11.3 Å². The summed E-state index contributed by atoms with van der Waals surface area (Å²) in [6, 6.07) is 4.67. The van der Waals surface area contributed by atoms with E-state index >= 15 is 0 Å². The first kappa shape index (κ1) is 12.3. The Morgan fingerprint density at radius 2 is 2.06 bits per heavy atom. The van der Waals surface area contributed by atoms with Crippen LogP contribution >= 0.6 is 0 Å². The zero-order valence-corrected chi connectivity index (χ0v) is 10.3. The molecule has 5 heteroatoms. The van der Waals surface area contributed by atoms with Gasteiger partial charge in [0.25, 0.3) is 0 Å². The molecule has 1 N–H and O–H groups in total. The van der Waals surface area contributed by atoms with Crippen LogP contribution in [0.1, 0.15) is 6.92 Å². The molecule has 0 atom stereocenters. The Kier molecular flexibility index (Phi) is 3.72. The number of methoxy groups -OCH3 is 1. The van der Waals surface area contributed by atoms with Crippen LogP contribution in [0.3, 0.4) is 0 Å². The molecule has 0 unspecified atom stereocenters. The SMILES string of the molecule is CCNc1nccnc1-c1ccc(OC)cc1F. The van der Waals surface area contributed by atoms with E-state index in [0.717, 1.165) is 0 Å². The predicted molar refractivity (Wildman–Crippen MR) is 68.1 cm³/mol. The molecule has 0 saturated heterocycles. The molecule has 0 saturated carbocycles. The van der Waals surface area contributed by atoms with Crippen molar-refractivity contribution < 1.29 is 9.13 Å². The number of nitrogens with zero attached hydrogens (tertiary/aromatic N) is 2. The normalized spacial score (nSPS) is 10.2. The molecule has 0 bridgehead atoms. The zero-order valence-electron chi connectivity index (χ0n) is 10.3. The van der Waals surface area contributed by atoms with Crippen LogP contribution in [-0.4, -0.2) is 23.6 Å².